The summed E-state index contributed by atoms with van der Waals surface area (Å²) in [5.41, 5.74) is 1.27. The molecule has 0 amide bonds. The van der Waals surface area contributed by atoms with Crippen LogP contribution in [0.1, 0.15) is 51.5 Å². The third kappa shape index (κ3) is 4.82. The van der Waals surface area contributed by atoms with Crippen molar-refractivity contribution >= 4 is 0 Å². The third-order valence-corrected chi connectivity index (χ3v) is 4.45. The second-order valence-corrected chi connectivity index (χ2v) is 6.13. The molecule has 0 atom stereocenters. The first kappa shape index (κ1) is 15.4. The fraction of sp³-hybridized carbons (Fsp3) is 0.667. The molecule has 0 saturated heterocycles. The Morgan fingerprint density at radius 2 is 1.90 bits per heavy atom. The minimum Gasteiger partial charge on any atom is -0.494 e. The quantitative estimate of drug-likeness (QED) is 0.745. The molecule has 0 bridgehead atoms. The number of benzene rings is 1. The van der Waals surface area contributed by atoms with E-state index in [1.165, 1.54) is 37.7 Å². The van der Waals surface area contributed by atoms with Gasteiger partial charge in [0.25, 0.3) is 0 Å². The van der Waals surface area contributed by atoms with E-state index in [1.54, 1.807) is 0 Å². The lowest BCUT2D eigenvalue weighted by Gasteiger charge is -2.26. The van der Waals surface area contributed by atoms with Crippen LogP contribution in [0.4, 0.5) is 0 Å². The van der Waals surface area contributed by atoms with Crippen molar-refractivity contribution in [3.8, 4) is 5.75 Å². The van der Waals surface area contributed by atoms with Gasteiger partial charge in [-0.2, -0.15) is 0 Å². The predicted octanol–water partition coefficient (Wildman–Crippen LogP) is 4.39. The van der Waals surface area contributed by atoms with Crippen LogP contribution in [-0.4, -0.2) is 13.2 Å². The molecule has 0 aliphatic heterocycles. The smallest absolute Gasteiger partial charge is 0.123 e. The lowest BCUT2D eigenvalue weighted by atomic mass is 9.81. The van der Waals surface area contributed by atoms with Gasteiger partial charge in [0.05, 0.1) is 6.61 Å². The Hall–Kier alpha value is -1.02. The Kier molecular flexibility index (Phi) is 6.38. The topological polar surface area (TPSA) is 21.3 Å². The fourth-order valence-electron chi connectivity index (χ4n) is 3.09. The van der Waals surface area contributed by atoms with Crippen molar-refractivity contribution in [3.63, 3.8) is 0 Å². The zero-order chi connectivity index (χ0) is 14.2. The van der Waals surface area contributed by atoms with E-state index in [9.17, 15) is 0 Å². The lowest BCUT2D eigenvalue weighted by molar-refractivity contribution is 0.275. The molecular weight excluding hydrogens is 246 g/mol. The van der Waals surface area contributed by atoms with E-state index in [-0.39, 0.29) is 0 Å². The number of ether oxygens (including phenoxy) is 1. The molecule has 1 aromatic rings. The lowest BCUT2D eigenvalue weighted by Crippen LogP contribution is -2.20. The largest absolute Gasteiger partial charge is 0.494 e. The Bertz CT molecular complexity index is 383. The summed E-state index contributed by atoms with van der Waals surface area (Å²) in [4.78, 5) is 0. The van der Waals surface area contributed by atoms with Gasteiger partial charge in [0, 0.05) is 12.1 Å². The van der Waals surface area contributed by atoms with Gasteiger partial charge in [0.2, 0.25) is 0 Å². The minimum atomic E-state index is 0.733. The highest BCUT2D eigenvalue weighted by Crippen LogP contribution is 2.30. The molecule has 1 aliphatic carbocycles. The van der Waals surface area contributed by atoms with Gasteiger partial charge in [-0.15, -0.1) is 0 Å². The summed E-state index contributed by atoms with van der Waals surface area (Å²) in [7, 11) is 0. The summed E-state index contributed by atoms with van der Waals surface area (Å²) in [5.74, 6) is 2.92. The summed E-state index contributed by atoms with van der Waals surface area (Å²) in [5, 5.41) is 3.58. The molecule has 1 aromatic carbocycles. The SMILES string of the molecule is CCOc1ccccc1CNCCC1CCC(C)CC1. The molecule has 1 aliphatic rings. The number of rotatable bonds is 7. The Labute approximate surface area is 123 Å². The first-order valence-corrected chi connectivity index (χ1v) is 8.21. The molecule has 2 rings (SSSR count). The maximum absolute atomic E-state index is 5.66. The van der Waals surface area contributed by atoms with E-state index in [0.29, 0.717) is 0 Å². The van der Waals surface area contributed by atoms with Crippen LogP contribution in [0.25, 0.3) is 0 Å². The van der Waals surface area contributed by atoms with Crippen LogP contribution >= 0.6 is 0 Å². The van der Waals surface area contributed by atoms with Gasteiger partial charge < -0.3 is 10.1 Å². The van der Waals surface area contributed by atoms with Gasteiger partial charge in [0.1, 0.15) is 5.75 Å². The van der Waals surface area contributed by atoms with Gasteiger partial charge in [0.15, 0.2) is 0 Å². The van der Waals surface area contributed by atoms with Crippen LogP contribution in [0.3, 0.4) is 0 Å². The zero-order valence-electron chi connectivity index (χ0n) is 13.0. The molecule has 0 radical (unpaired) electrons. The van der Waals surface area contributed by atoms with Crippen LogP contribution in [-0.2, 0) is 6.54 Å². The minimum absolute atomic E-state index is 0.733. The molecule has 1 fully saturated rings. The average molecular weight is 275 g/mol. The van der Waals surface area contributed by atoms with Crippen LogP contribution in [0.15, 0.2) is 24.3 Å². The Morgan fingerprint density at radius 1 is 1.15 bits per heavy atom. The molecule has 0 heterocycles. The zero-order valence-corrected chi connectivity index (χ0v) is 13.0. The molecule has 1 saturated carbocycles. The first-order chi connectivity index (χ1) is 9.79. The van der Waals surface area contributed by atoms with Crippen LogP contribution in [0.5, 0.6) is 5.75 Å². The van der Waals surface area contributed by atoms with E-state index in [0.717, 1.165) is 37.3 Å². The van der Waals surface area contributed by atoms with Crippen molar-refractivity contribution in [1.29, 1.82) is 0 Å². The number of para-hydroxylation sites is 1. The second-order valence-electron chi connectivity index (χ2n) is 6.13. The van der Waals surface area contributed by atoms with Crippen molar-refractivity contribution in [2.45, 2.75) is 52.5 Å². The average Bonchev–Trinajstić information content (AvgIpc) is 2.47. The van der Waals surface area contributed by atoms with Crippen molar-refractivity contribution in [3.05, 3.63) is 29.8 Å². The first-order valence-electron chi connectivity index (χ1n) is 8.21. The monoisotopic (exact) mass is 275 g/mol. The molecule has 20 heavy (non-hydrogen) atoms. The maximum Gasteiger partial charge on any atom is 0.123 e. The van der Waals surface area contributed by atoms with E-state index in [4.69, 9.17) is 4.74 Å². The van der Waals surface area contributed by atoms with Crippen molar-refractivity contribution in [2.24, 2.45) is 11.8 Å². The van der Waals surface area contributed by atoms with E-state index in [1.807, 2.05) is 13.0 Å². The summed E-state index contributed by atoms with van der Waals surface area (Å²) in [6.07, 6.45) is 7.04. The molecule has 2 heteroatoms. The molecule has 112 valence electrons. The molecule has 1 N–H and O–H groups in total. The maximum atomic E-state index is 5.66. The molecular formula is C18H29NO. The number of hydrogen-bond donors (Lipinski definition) is 1. The van der Waals surface area contributed by atoms with Gasteiger partial charge in [-0.05, 0) is 37.8 Å². The highest BCUT2D eigenvalue weighted by atomic mass is 16.5. The number of nitrogens with one attached hydrogen (secondary N) is 1. The van der Waals surface area contributed by atoms with Gasteiger partial charge in [-0.3, -0.25) is 0 Å². The van der Waals surface area contributed by atoms with Gasteiger partial charge >= 0.3 is 0 Å². The van der Waals surface area contributed by atoms with Crippen molar-refractivity contribution in [1.82, 2.24) is 5.32 Å². The number of hydrogen-bond acceptors (Lipinski definition) is 2. The summed E-state index contributed by atoms with van der Waals surface area (Å²) < 4.78 is 5.66. The normalized spacial score (nSPS) is 22.7. The van der Waals surface area contributed by atoms with E-state index >= 15 is 0 Å². The summed E-state index contributed by atoms with van der Waals surface area (Å²) >= 11 is 0. The van der Waals surface area contributed by atoms with E-state index < -0.39 is 0 Å². The van der Waals surface area contributed by atoms with Crippen LogP contribution < -0.4 is 10.1 Å². The highest BCUT2D eigenvalue weighted by Gasteiger charge is 2.17. The highest BCUT2D eigenvalue weighted by molar-refractivity contribution is 5.33. The van der Waals surface area contributed by atoms with Crippen molar-refractivity contribution < 1.29 is 4.74 Å². The summed E-state index contributed by atoms with van der Waals surface area (Å²) in [6, 6.07) is 8.34. The molecule has 0 unspecified atom stereocenters. The fourth-order valence-corrected chi connectivity index (χ4v) is 3.09. The van der Waals surface area contributed by atoms with Crippen LogP contribution in [0, 0.1) is 11.8 Å². The standard InChI is InChI=1S/C18H29NO/c1-3-20-18-7-5-4-6-17(18)14-19-13-12-16-10-8-15(2)9-11-16/h4-7,15-16,19H,3,8-14H2,1-2H3. The van der Waals surface area contributed by atoms with E-state index in [2.05, 4.69) is 30.4 Å². The van der Waals surface area contributed by atoms with Crippen molar-refractivity contribution in [2.75, 3.05) is 13.2 Å². The second kappa shape index (κ2) is 8.31. The molecule has 0 spiro atoms. The Balaban J connectivity index is 1.68. The molecule has 0 aromatic heterocycles. The third-order valence-electron chi connectivity index (χ3n) is 4.45. The predicted molar refractivity (Wildman–Crippen MR) is 85.1 cm³/mol. The summed E-state index contributed by atoms with van der Waals surface area (Å²) in [6.45, 7) is 7.20. The molecule has 2 nitrogen and oxygen atoms in total. The van der Waals surface area contributed by atoms with Gasteiger partial charge in [-0.1, -0.05) is 50.8 Å². The van der Waals surface area contributed by atoms with Crippen LogP contribution in [0.2, 0.25) is 0 Å². The van der Waals surface area contributed by atoms with Gasteiger partial charge in [-0.25, -0.2) is 0 Å². The Morgan fingerprint density at radius 3 is 2.65 bits per heavy atom.